The van der Waals surface area contributed by atoms with Crippen molar-refractivity contribution in [1.82, 2.24) is 10.2 Å². The van der Waals surface area contributed by atoms with Gasteiger partial charge in [0, 0.05) is 42.4 Å². The van der Waals surface area contributed by atoms with Crippen LogP contribution in [0.25, 0.3) is 0 Å². The van der Waals surface area contributed by atoms with Crippen molar-refractivity contribution in [2.75, 3.05) is 44.7 Å². The normalized spacial score (nSPS) is 18.3. The lowest BCUT2D eigenvalue weighted by Gasteiger charge is -2.37. The van der Waals surface area contributed by atoms with E-state index in [4.69, 9.17) is 0 Å². The first kappa shape index (κ1) is 15.8. The van der Waals surface area contributed by atoms with Crippen molar-refractivity contribution in [2.45, 2.75) is 26.3 Å². The maximum absolute atomic E-state index is 3.59. The number of nitrogens with one attached hydrogen (secondary N) is 1. The van der Waals surface area contributed by atoms with Gasteiger partial charge in [-0.05, 0) is 50.7 Å². The Labute approximate surface area is 131 Å². The van der Waals surface area contributed by atoms with Crippen LogP contribution < -0.4 is 10.2 Å². The second-order valence-corrected chi connectivity index (χ2v) is 6.46. The first-order valence-corrected chi connectivity index (χ1v) is 8.39. The fraction of sp³-hybridized carbons (Fsp3) is 0.625. The first-order chi connectivity index (χ1) is 9.65. The predicted octanol–water partition coefficient (Wildman–Crippen LogP) is 3.26. The van der Waals surface area contributed by atoms with E-state index in [0.717, 1.165) is 17.6 Å². The van der Waals surface area contributed by atoms with Crippen LogP contribution in [-0.4, -0.2) is 44.7 Å². The van der Waals surface area contributed by atoms with Crippen LogP contribution in [0.15, 0.2) is 22.7 Å². The molecule has 0 bridgehead atoms. The lowest BCUT2D eigenvalue weighted by Crippen LogP contribution is -2.47. The van der Waals surface area contributed by atoms with Gasteiger partial charge >= 0.3 is 0 Å². The van der Waals surface area contributed by atoms with Crippen LogP contribution in [0.2, 0.25) is 0 Å². The summed E-state index contributed by atoms with van der Waals surface area (Å²) in [6, 6.07) is 7.02. The summed E-state index contributed by atoms with van der Waals surface area (Å²) in [6.07, 6.45) is 1.25. The van der Waals surface area contributed by atoms with Crippen LogP contribution in [0.5, 0.6) is 0 Å². The molecule has 20 heavy (non-hydrogen) atoms. The number of rotatable bonds is 5. The van der Waals surface area contributed by atoms with E-state index in [1.165, 1.54) is 37.3 Å². The average Bonchev–Trinajstić information content (AvgIpc) is 2.47. The number of hydrogen-bond acceptors (Lipinski definition) is 3. The molecule has 4 heteroatoms. The monoisotopic (exact) mass is 339 g/mol. The molecule has 112 valence electrons. The van der Waals surface area contributed by atoms with E-state index in [1.54, 1.807) is 0 Å². The number of piperazine rings is 1. The summed E-state index contributed by atoms with van der Waals surface area (Å²) in [4.78, 5) is 5.10. The Balaban J connectivity index is 2.13. The summed E-state index contributed by atoms with van der Waals surface area (Å²) in [5, 5.41) is 3.36. The number of anilines is 1. The molecule has 1 aromatic carbocycles. The van der Waals surface area contributed by atoms with E-state index in [-0.39, 0.29) is 0 Å². The first-order valence-electron chi connectivity index (χ1n) is 7.59. The molecule has 1 aromatic rings. The summed E-state index contributed by atoms with van der Waals surface area (Å²) < 4.78 is 1.16. The zero-order valence-electron chi connectivity index (χ0n) is 12.8. The number of benzene rings is 1. The third-order valence-electron chi connectivity index (χ3n) is 4.14. The molecule has 2 rings (SSSR count). The number of hydrogen-bond donors (Lipinski definition) is 1. The van der Waals surface area contributed by atoms with Gasteiger partial charge in [0.25, 0.3) is 0 Å². The van der Waals surface area contributed by atoms with Crippen molar-refractivity contribution >= 4 is 21.6 Å². The van der Waals surface area contributed by atoms with E-state index < -0.39 is 0 Å². The molecule has 1 fully saturated rings. The lowest BCUT2D eigenvalue weighted by atomic mass is 10.0. The van der Waals surface area contributed by atoms with Gasteiger partial charge in [0.05, 0.1) is 0 Å². The summed E-state index contributed by atoms with van der Waals surface area (Å²) in [6.45, 7) is 10.3. The predicted molar refractivity (Wildman–Crippen MR) is 90.6 cm³/mol. The average molecular weight is 340 g/mol. The Bertz CT molecular complexity index is 428. The molecule has 0 saturated carbocycles. The van der Waals surface area contributed by atoms with Crippen LogP contribution in [-0.2, 0) is 0 Å². The fourth-order valence-electron chi connectivity index (χ4n) is 2.84. The Morgan fingerprint density at radius 2 is 1.95 bits per heavy atom. The highest BCUT2D eigenvalue weighted by atomic mass is 79.9. The van der Waals surface area contributed by atoms with Gasteiger partial charge < -0.3 is 10.2 Å². The van der Waals surface area contributed by atoms with Crippen molar-refractivity contribution in [3.8, 4) is 0 Å². The quantitative estimate of drug-likeness (QED) is 0.888. The summed E-state index contributed by atoms with van der Waals surface area (Å²) in [5.41, 5.74) is 2.76. The van der Waals surface area contributed by atoms with Gasteiger partial charge in [-0.3, -0.25) is 4.90 Å². The van der Waals surface area contributed by atoms with Gasteiger partial charge in [0.15, 0.2) is 0 Å². The van der Waals surface area contributed by atoms with E-state index in [9.17, 15) is 0 Å². The van der Waals surface area contributed by atoms with Gasteiger partial charge in [-0.15, -0.1) is 0 Å². The molecule has 1 aliphatic rings. The minimum Gasteiger partial charge on any atom is -0.369 e. The van der Waals surface area contributed by atoms with Gasteiger partial charge in [-0.25, -0.2) is 0 Å². The van der Waals surface area contributed by atoms with Crippen molar-refractivity contribution < 1.29 is 0 Å². The molecule has 1 N–H and O–H groups in total. The molecule has 0 aromatic heterocycles. The molecule has 1 heterocycles. The Morgan fingerprint density at radius 1 is 1.25 bits per heavy atom. The molecular formula is C16H26BrN3. The molecule has 0 amide bonds. The third-order valence-corrected chi connectivity index (χ3v) is 4.64. The molecule has 1 atom stereocenters. The van der Waals surface area contributed by atoms with Crippen molar-refractivity contribution in [3.63, 3.8) is 0 Å². The minimum atomic E-state index is 0.371. The minimum absolute atomic E-state index is 0.371. The molecular weight excluding hydrogens is 314 g/mol. The van der Waals surface area contributed by atoms with Crippen molar-refractivity contribution in [1.29, 1.82) is 0 Å². The third kappa shape index (κ3) is 3.74. The van der Waals surface area contributed by atoms with Crippen molar-refractivity contribution in [2.24, 2.45) is 0 Å². The van der Waals surface area contributed by atoms with Crippen LogP contribution in [0, 0.1) is 0 Å². The van der Waals surface area contributed by atoms with E-state index in [0.29, 0.717) is 6.04 Å². The van der Waals surface area contributed by atoms with Crippen LogP contribution >= 0.6 is 15.9 Å². The van der Waals surface area contributed by atoms with Gasteiger partial charge in [-0.1, -0.05) is 22.9 Å². The number of halogens is 1. The molecule has 1 saturated heterocycles. The van der Waals surface area contributed by atoms with Crippen LogP contribution in [0.4, 0.5) is 5.69 Å². The highest BCUT2D eigenvalue weighted by molar-refractivity contribution is 9.10. The topological polar surface area (TPSA) is 18.5 Å². The standard InChI is InChI=1S/C16H26BrN3/c1-4-7-19-8-10-20(11-9-19)16-6-5-14(17)12-15(16)13(2)18-3/h5-6,12-13,18H,4,7-11H2,1-3H3. The van der Waals surface area contributed by atoms with Crippen LogP contribution in [0.1, 0.15) is 31.9 Å². The Kier molecular flexibility index (Phi) is 5.87. The summed E-state index contributed by atoms with van der Waals surface area (Å²) in [7, 11) is 2.02. The van der Waals surface area contributed by atoms with Crippen LogP contribution in [0.3, 0.4) is 0 Å². The fourth-order valence-corrected chi connectivity index (χ4v) is 3.22. The smallest absolute Gasteiger partial charge is 0.0416 e. The van der Waals surface area contributed by atoms with E-state index in [1.807, 2.05) is 7.05 Å². The van der Waals surface area contributed by atoms with Gasteiger partial charge in [-0.2, -0.15) is 0 Å². The maximum Gasteiger partial charge on any atom is 0.0416 e. The zero-order chi connectivity index (χ0) is 14.5. The van der Waals surface area contributed by atoms with E-state index in [2.05, 4.69) is 63.1 Å². The van der Waals surface area contributed by atoms with E-state index >= 15 is 0 Å². The molecule has 0 spiro atoms. The molecule has 3 nitrogen and oxygen atoms in total. The lowest BCUT2D eigenvalue weighted by molar-refractivity contribution is 0.258. The zero-order valence-corrected chi connectivity index (χ0v) is 14.4. The molecule has 0 aliphatic carbocycles. The highest BCUT2D eigenvalue weighted by Gasteiger charge is 2.20. The summed E-state index contributed by atoms with van der Waals surface area (Å²) >= 11 is 3.59. The summed E-state index contributed by atoms with van der Waals surface area (Å²) in [5.74, 6) is 0. The largest absolute Gasteiger partial charge is 0.369 e. The molecule has 0 radical (unpaired) electrons. The van der Waals surface area contributed by atoms with Gasteiger partial charge in [0.1, 0.15) is 0 Å². The Hall–Kier alpha value is -0.580. The second kappa shape index (κ2) is 7.43. The Morgan fingerprint density at radius 3 is 2.55 bits per heavy atom. The highest BCUT2D eigenvalue weighted by Crippen LogP contribution is 2.30. The van der Waals surface area contributed by atoms with Gasteiger partial charge in [0.2, 0.25) is 0 Å². The second-order valence-electron chi connectivity index (χ2n) is 5.54. The molecule has 1 unspecified atom stereocenters. The maximum atomic E-state index is 3.59. The SMILES string of the molecule is CCCN1CCN(c2ccc(Br)cc2C(C)NC)CC1. The molecule has 1 aliphatic heterocycles. The van der Waals surface area contributed by atoms with Crippen molar-refractivity contribution in [3.05, 3.63) is 28.2 Å². The number of nitrogens with zero attached hydrogens (tertiary/aromatic N) is 2.